The maximum Gasteiger partial charge on any atom is 0.220 e. The van der Waals surface area contributed by atoms with E-state index < -0.39 is 0 Å². The van der Waals surface area contributed by atoms with E-state index in [1.807, 2.05) is 0 Å². The molecule has 5 nitrogen and oxygen atoms in total. The molecule has 5 heteroatoms. The Morgan fingerprint density at radius 3 is 2.30 bits per heavy atom. The molecule has 1 saturated heterocycles. The lowest BCUT2D eigenvalue weighted by Crippen LogP contribution is -2.60. The van der Waals surface area contributed by atoms with Gasteiger partial charge < -0.3 is 19.5 Å². The summed E-state index contributed by atoms with van der Waals surface area (Å²) < 4.78 is 16.7. The zero-order valence-electron chi connectivity index (χ0n) is 20.8. The molecule has 33 heavy (non-hydrogen) atoms. The highest BCUT2D eigenvalue weighted by molar-refractivity contribution is 5.77. The van der Waals surface area contributed by atoms with Gasteiger partial charge in [0.2, 0.25) is 11.7 Å². The maximum atomic E-state index is 12.1. The number of carbonyl (C=O) groups is 1. The second-order valence-corrected chi connectivity index (χ2v) is 11.2. The maximum absolute atomic E-state index is 12.1. The zero-order valence-corrected chi connectivity index (χ0v) is 20.8. The van der Waals surface area contributed by atoms with Crippen LogP contribution in [0.15, 0.2) is 17.7 Å². The minimum absolute atomic E-state index is 0.253. The molecule has 3 aliphatic carbocycles. The van der Waals surface area contributed by atoms with E-state index in [4.69, 9.17) is 14.2 Å². The number of rotatable bonds is 4. The van der Waals surface area contributed by atoms with E-state index in [2.05, 4.69) is 37.4 Å². The van der Waals surface area contributed by atoms with Gasteiger partial charge >= 0.3 is 0 Å². The largest absolute Gasteiger partial charge is 0.493 e. The van der Waals surface area contributed by atoms with Crippen molar-refractivity contribution in [3.63, 3.8) is 0 Å². The van der Waals surface area contributed by atoms with Crippen LogP contribution < -0.4 is 19.5 Å². The van der Waals surface area contributed by atoms with Crippen molar-refractivity contribution in [3.05, 3.63) is 23.3 Å². The number of hydrogen-bond acceptors (Lipinski definition) is 4. The van der Waals surface area contributed by atoms with Gasteiger partial charge in [-0.15, -0.1) is 0 Å². The number of benzene rings is 1. The molecule has 1 N–H and O–H groups in total. The molecular weight excluding hydrogens is 414 g/mol. The van der Waals surface area contributed by atoms with Crippen LogP contribution in [0.1, 0.15) is 70.8 Å². The summed E-state index contributed by atoms with van der Waals surface area (Å²) in [5, 5.41) is 3.35. The highest BCUT2D eigenvalue weighted by atomic mass is 16.5. The molecule has 1 heterocycles. The van der Waals surface area contributed by atoms with Crippen LogP contribution in [-0.4, -0.2) is 33.3 Å². The number of amides is 1. The fourth-order valence-corrected chi connectivity index (χ4v) is 8.17. The van der Waals surface area contributed by atoms with Crippen LogP contribution in [0.25, 0.3) is 6.08 Å². The van der Waals surface area contributed by atoms with Gasteiger partial charge in [-0.2, -0.15) is 0 Å². The van der Waals surface area contributed by atoms with Gasteiger partial charge in [0, 0.05) is 12.5 Å². The summed E-state index contributed by atoms with van der Waals surface area (Å²) in [5.41, 5.74) is 3.21. The van der Waals surface area contributed by atoms with E-state index in [1.165, 1.54) is 25.7 Å². The van der Waals surface area contributed by atoms with Gasteiger partial charge in [-0.25, -0.2) is 0 Å². The molecule has 0 radical (unpaired) electrons. The second-order valence-electron chi connectivity index (χ2n) is 11.2. The fraction of sp³-hybridized carbons (Fsp3) is 0.679. The minimum atomic E-state index is 0.253. The number of hydrogen-bond donors (Lipinski definition) is 1. The second kappa shape index (κ2) is 8.25. The molecule has 180 valence electrons. The quantitative estimate of drug-likeness (QED) is 0.643. The van der Waals surface area contributed by atoms with Gasteiger partial charge in [0.25, 0.3) is 0 Å². The molecule has 1 unspecified atom stereocenters. The predicted molar refractivity (Wildman–Crippen MR) is 130 cm³/mol. The summed E-state index contributed by atoms with van der Waals surface area (Å²) in [6, 6.07) is 4.50. The summed E-state index contributed by atoms with van der Waals surface area (Å²) in [5.74, 6) is 4.55. The standard InChI is InChI=1S/C28H39NO4/c1-27-12-10-21-19(7-9-24-28(21,2)13-11-25(30)29-24)20(27)8-6-18(27)14-17-15-22(31-3)26(33-5)23(16-17)32-4/h14-16,19-21,24H,6-13H2,1-5H3,(H,29,30)/t19-,20-,21+,24?,27+,28+/m0/s1. The predicted octanol–water partition coefficient (Wildman–Crippen LogP) is 5.62. The first kappa shape index (κ1) is 22.6. The van der Waals surface area contributed by atoms with E-state index in [0.29, 0.717) is 29.7 Å². The Balaban J connectivity index is 1.44. The summed E-state index contributed by atoms with van der Waals surface area (Å²) >= 11 is 0. The Morgan fingerprint density at radius 2 is 1.64 bits per heavy atom. The molecular formula is C28H39NO4. The third-order valence-corrected chi connectivity index (χ3v) is 9.97. The van der Waals surface area contributed by atoms with Crippen LogP contribution in [0.3, 0.4) is 0 Å². The van der Waals surface area contributed by atoms with E-state index in [-0.39, 0.29) is 16.7 Å². The van der Waals surface area contributed by atoms with Crippen LogP contribution in [0.4, 0.5) is 0 Å². The molecule has 5 rings (SSSR count). The molecule has 3 saturated carbocycles. The first-order valence-electron chi connectivity index (χ1n) is 12.6. The van der Waals surface area contributed by atoms with Crippen molar-refractivity contribution in [1.82, 2.24) is 5.32 Å². The van der Waals surface area contributed by atoms with Crippen LogP contribution >= 0.6 is 0 Å². The first-order valence-corrected chi connectivity index (χ1v) is 12.6. The molecule has 1 amide bonds. The number of ether oxygens (including phenoxy) is 3. The van der Waals surface area contributed by atoms with Crippen LogP contribution in [0.2, 0.25) is 0 Å². The van der Waals surface area contributed by atoms with Crippen molar-refractivity contribution in [3.8, 4) is 17.2 Å². The Labute approximate surface area is 198 Å². The van der Waals surface area contributed by atoms with Gasteiger partial charge in [-0.1, -0.05) is 25.5 Å². The van der Waals surface area contributed by atoms with Gasteiger partial charge in [-0.3, -0.25) is 4.79 Å². The Bertz CT molecular complexity index is 946. The lowest BCUT2D eigenvalue weighted by atomic mass is 9.47. The third-order valence-electron chi connectivity index (χ3n) is 9.97. The highest BCUT2D eigenvalue weighted by Gasteiger charge is 2.59. The Morgan fingerprint density at radius 1 is 0.909 bits per heavy atom. The van der Waals surface area contributed by atoms with Crippen LogP contribution in [0.5, 0.6) is 17.2 Å². The molecule has 4 aliphatic rings. The normalized spacial score (nSPS) is 38.7. The molecule has 1 aliphatic heterocycles. The Hall–Kier alpha value is -2.17. The first-order chi connectivity index (χ1) is 15.8. The van der Waals surface area contributed by atoms with E-state index >= 15 is 0 Å². The average molecular weight is 454 g/mol. The van der Waals surface area contributed by atoms with Crippen LogP contribution in [-0.2, 0) is 4.79 Å². The lowest BCUT2D eigenvalue weighted by Gasteiger charge is -2.59. The number of carbonyl (C=O) groups excluding carboxylic acids is 1. The van der Waals surface area contributed by atoms with Crippen LogP contribution in [0, 0.1) is 28.6 Å². The van der Waals surface area contributed by atoms with Crippen molar-refractivity contribution >= 4 is 12.0 Å². The summed E-state index contributed by atoms with van der Waals surface area (Å²) in [6.07, 6.45) is 11.5. The molecule has 1 aromatic carbocycles. The molecule has 0 spiro atoms. The number of nitrogens with one attached hydrogen (secondary N) is 1. The smallest absolute Gasteiger partial charge is 0.220 e. The van der Waals surface area contributed by atoms with Crippen molar-refractivity contribution < 1.29 is 19.0 Å². The van der Waals surface area contributed by atoms with Crippen molar-refractivity contribution in [2.24, 2.45) is 28.6 Å². The van der Waals surface area contributed by atoms with E-state index in [9.17, 15) is 4.79 Å². The molecule has 1 aromatic rings. The lowest BCUT2D eigenvalue weighted by molar-refractivity contribution is -0.134. The zero-order chi connectivity index (χ0) is 23.4. The minimum Gasteiger partial charge on any atom is -0.493 e. The van der Waals surface area contributed by atoms with Gasteiger partial charge in [0.05, 0.1) is 21.3 Å². The average Bonchev–Trinajstić information content (AvgIpc) is 3.14. The van der Waals surface area contributed by atoms with Gasteiger partial charge in [0.1, 0.15) is 0 Å². The topological polar surface area (TPSA) is 56.8 Å². The highest BCUT2D eigenvalue weighted by Crippen LogP contribution is 2.65. The number of fused-ring (bicyclic) bond motifs is 5. The van der Waals surface area contributed by atoms with Crippen molar-refractivity contribution in [2.45, 2.75) is 71.3 Å². The van der Waals surface area contributed by atoms with Gasteiger partial charge in [-0.05, 0) is 91.2 Å². The molecule has 4 fully saturated rings. The fourth-order valence-electron chi connectivity index (χ4n) is 8.17. The summed E-state index contributed by atoms with van der Waals surface area (Å²) in [4.78, 5) is 12.1. The van der Waals surface area contributed by atoms with Crippen molar-refractivity contribution in [2.75, 3.05) is 21.3 Å². The monoisotopic (exact) mass is 453 g/mol. The van der Waals surface area contributed by atoms with Gasteiger partial charge in [0.15, 0.2) is 11.5 Å². The molecule has 0 bridgehead atoms. The molecule has 6 atom stereocenters. The number of allylic oxidation sites excluding steroid dienone is 1. The number of methoxy groups -OCH3 is 3. The summed E-state index contributed by atoms with van der Waals surface area (Å²) in [7, 11) is 4.99. The van der Waals surface area contributed by atoms with E-state index in [1.54, 1.807) is 26.9 Å². The van der Waals surface area contributed by atoms with Crippen molar-refractivity contribution in [1.29, 1.82) is 0 Å². The Kier molecular flexibility index (Phi) is 5.65. The molecule has 0 aromatic heterocycles. The third kappa shape index (κ3) is 3.45. The van der Waals surface area contributed by atoms with E-state index in [0.717, 1.165) is 42.6 Å². The SMILES string of the molecule is COc1cc(C=C2CC[C@H]3[C@@H]4CCC5NC(=O)CC[C@]5(C)[C@@H]4CC[C@]23C)cc(OC)c1OC. The number of piperidine rings is 1. The summed E-state index contributed by atoms with van der Waals surface area (Å²) in [6.45, 7) is 4.99.